The summed E-state index contributed by atoms with van der Waals surface area (Å²) in [5.74, 6) is -1.22. The SMILES string of the molecule is C=CC[C@@H](NC(=O)[C@H](CCC[NH+]=C(N)N)NC(=O)OCC1c2ccccc2-c2ccccc21)C(=O)OC. The van der Waals surface area contributed by atoms with Crippen LogP contribution < -0.4 is 27.1 Å². The van der Waals surface area contributed by atoms with Gasteiger partial charge in [-0.15, -0.1) is 6.58 Å². The fourth-order valence-electron chi connectivity index (χ4n) is 4.39. The van der Waals surface area contributed by atoms with Crippen molar-refractivity contribution in [2.45, 2.75) is 37.3 Å². The summed E-state index contributed by atoms with van der Waals surface area (Å²) in [7, 11) is 1.23. The monoisotopic (exact) mass is 508 g/mol. The van der Waals surface area contributed by atoms with E-state index in [0.29, 0.717) is 13.0 Å². The molecule has 0 bridgehead atoms. The third-order valence-electron chi connectivity index (χ3n) is 6.16. The lowest BCUT2D eigenvalue weighted by atomic mass is 9.98. The Morgan fingerprint density at radius 1 is 1.03 bits per heavy atom. The molecule has 0 heterocycles. The number of rotatable bonds is 12. The maximum Gasteiger partial charge on any atom is 0.407 e. The molecule has 1 aliphatic rings. The number of fused-ring (bicyclic) bond motifs is 3. The summed E-state index contributed by atoms with van der Waals surface area (Å²) < 4.78 is 10.3. The molecule has 0 unspecified atom stereocenters. The largest absolute Gasteiger partial charge is 0.467 e. The second-order valence-electron chi connectivity index (χ2n) is 8.66. The summed E-state index contributed by atoms with van der Waals surface area (Å²) >= 11 is 0. The smallest absolute Gasteiger partial charge is 0.407 e. The molecule has 37 heavy (non-hydrogen) atoms. The van der Waals surface area contributed by atoms with Gasteiger partial charge in [-0.25, -0.2) is 9.59 Å². The van der Waals surface area contributed by atoms with Crippen LogP contribution >= 0.6 is 0 Å². The number of carbonyl (C=O) groups excluding carboxylic acids is 3. The van der Waals surface area contributed by atoms with E-state index in [4.69, 9.17) is 20.9 Å². The highest BCUT2D eigenvalue weighted by atomic mass is 16.5. The van der Waals surface area contributed by atoms with Crippen molar-refractivity contribution in [3.05, 3.63) is 72.3 Å². The first-order valence-electron chi connectivity index (χ1n) is 12.1. The Hall–Kier alpha value is -4.34. The minimum atomic E-state index is -0.964. The van der Waals surface area contributed by atoms with E-state index in [1.165, 1.54) is 13.2 Å². The van der Waals surface area contributed by atoms with E-state index in [0.717, 1.165) is 22.3 Å². The van der Waals surface area contributed by atoms with E-state index in [-0.39, 0.29) is 31.3 Å². The molecular weight excluding hydrogens is 474 g/mol. The minimum Gasteiger partial charge on any atom is -0.467 e. The van der Waals surface area contributed by atoms with Crippen molar-refractivity contribution in [3.63, 3.8) is 0 Å². The third kappa shape index (κ3) is 7.09. The Labute approximate surface area is 216 Å². The number of amides is 2. The van der Waals surface area contributed by atoms with Crippen molar-refractivity contribution in [1.29, 1.82) is 0 Å². The lowest BCUT2D eigenvalue weighted by molar-refractivity contribution is -0.459. The molecule has 7 N–H and O–H groups in total. The van der Waals surface area contributed by atoms with Gasteiger partial charge in [0.15, 0.2) is 0 Å². The number of ether oxygens (including phenoxy) is 2. The van der Waals surface area contributed by atoms with E-state index in [1.54, 1.807) is 0 Å². The highest BCUT2D eigenvalue weighted by molar-refractivity contribution is 5.89. The molecule has 3 rings (SSSR count). The molecule has 0 spiro atoms. The predicted molar refractivity (Wildman–Crippen MR) is 139 cm³/mol. The maximum atomic E-state index is 13.0. The zero-order chi connectivity index (χ0) is 26.8. The lowest BCUT2D eigenvalue weighted by Gasteiger charge is -2.22. The van der Waals surface area contributed by atoms with Crippen molar-refractivity contribution >= 4 is 23.9 Å². The molecule has 0 saturated carbocycles. The van der Waals surface area contributed by atoms with Crippen molar-refractivity contribution < 1.29 is 28.8 Å². The van der Waals surface area contributed by atoms with Gasteiger partial charge in [0.1, 0.15) is 18.7 Å². The Morgan fingerprint density at radius 2 is 1.65 bits per heavy atom. The van der Waals surface area contributed by atoms with Crippen molar-refractivity contribution in [3.8, 4) is 11.1 Å². The molecule has 196 valence electrons. The number of nitrogens with one attached hydrogen (secondary N) is 3. The second kappa shape index (κ2) is 13.1. The van der Waals surface area contributed by atoms with Crippen LogP contribution in [-0.4, -0.2) is 56.3 Å². The standard InChI is InChI=1S/C27H33N5O5/c1-3-9-23(25(34)36-2)31-24(33)22(14-8-15-30-26(28)29)32-27(35)37-16-21-19-12-6-4-10-17(19)18-11-5-7-13-20(18)21/h3-7,10-13,21-23H,1,8-9,14-16H2,2H3,(H,31,33)(H,32,35)(H4,28,29,30)/p+1/t22-,23+/m0/s1. The summed E-state index contributed by atoms with van der Waals surface area (Å²) in [6.07, 6.45) is 1.65. The van der Waals surface area contributed by atoms with Gasteiger partial charge >= 0.3 is 18.0 Å². The van der Waals surface area contributed by atoms with E-state index in [1.807, 2.05) is 36.4 Å². The van der Waals surface area contributed by atoms with Crippen LogP contribution in [0.15, 0.2) is 61.2 Å². The molecule has 0 saturated heterocycles. The molecule has 0 aromatic heterocycles. The number of benzene rings is 2. The normalized spacial score (nSPS) is 13.3. The van der Waals surface area contributed by atoms with E-state index >= 15 is 0 Å². The molecule has 2 amide bonds. The van der Waals surface area contributed by atoms with Gasteiger partial charge in [-0.3, -0.25) is 21.3 Å². The minimum absolute atomic E-state index is 0.0576. The first kappa shape index (κ1) is 27.3. The van der Waals surface area contributed by atoms with Gasteiger partial charge in [0.2, 0.25) is 5.91 Å². The van der Waals surface area contributed by atoms with Gasteiger partial charge < -0.3 is 20.1 Å². The summed E-state index contributed by atoms with van der Waals surface area (Å²) in [5, 5.41) is 5.25. The zero-order valence-electron chi connectivity index (χ0n) is 20.9. The Bertz CT molecular complexity index is 1120. The quantitative estimate of drug-likeness (QED) is 0.0904. The number of guanidine groups is 1. The molecule has 0 fully saturated rings. The van der Waals surface area contributed by atoms with Gasteiger partial charge in [0, 0.05) is 5.92 Å². The number of esters is 1. The fraction of sp³-hybridized carbons (Fsp3) is 0.333. The number of alkyl carbamates (subject to hydrolysis) is 1. The van der Waals surface area contributed by atoms with Crippen LogP contribution in [-0.2, 0) is 19.1 Å². The van der Waals surface area contributed by atoms with Crippen LogP contribution in [0.3, 0.4) is 0 Å². The first-order chi connectivity index (χ1) is 17.8. The van der Waals surface area contributed by atoms with Crippen LogP contribution in [0.25, 0.3) is 11.1 Å². The number of nitrogens with two attached hydrogens (primary N) is 2. The molecule has 10 heteroatoms. The van der Waals surface area contributed by atoms with E-state index < -0.39 is 30.1 Å². The van der Waals surface area contributed by atoms with Gasteiger partial charge in [0.05, 0.1) is 13.7 Å². The lowest BCUT2D eigenvalue weighted by Crippen LogP contribution is -2.78. The predicted octanol–water partition coefficient (Wildman–Crippen LogP) is 0.262. The molecule has 10 nitrogen and oxygen atoms in total. The van der Waals surface area contributed by atoms with Crippen LogP contribution in [0, 0.1) is 0 Å². The number of methoxy groups -OCH3 is 1. The Morgan fingerprint density at radius 3 is 2.22 bits per heavy atom. The Balaban J connectivity index is 1.67. The van der Waals surface area contributed by atoms with Gasteiger partial charge in [-0.2, -0.15) is 0 Å². The number of carbonyl (C=O) groups is 3. The molecule has 2 aromatic carbocycles. The zero-order valence-corrected chi connectivity index (χ0v) is 20.9. The number of hydrogen-bond acceptors (Lipinski definition) is 5. The topological polar surface area (TPSA) is 160 Å². The fourth-order valence-corrected chi connectivity index (χ4v) is 4.39. The summed E-state index contributed by atoms with van der Waals surface area (Å²) in [6.45, 7) is 4.11. The summed E-state index contributed by atoms with van der Waals surface area (Å²) in [5.41, 5.74) is 15.2. The average Bonchev–Trinajstić information content (AvgIpc) is 3.22. The highest BCUT2D eigenvalue weighted by Gasteiger charge is 2.30. The molecule has 2 aromatic rings. The molecule has 0 aliphatic heterocycles. The van der Waals surface area contributed by atoms with Crippen LogP contribution in [0.4, 0.5) is 4.79 Å². The van der Waals surface area contributed by atoms with Crippen LogP contribution in [0.1, 0.15) is 36.3 Å². The van der Waals surface area contributed by atoms with E-state index in [9.17, 15) is 14.4 Å². The molecule has 2 atom stereocenters. The van der Waals surface area contributed by atoms with Crippen LogP contribution in [0.5, 0.6) is 0 Å². The van der Waals surface area contributed by atoms with Crippen molar-refractivity contribution in [2.75, 3.05) is 20.3 Å². The van der Waals surface area contributed by atoms with Crippen molar-refractivity contribution in [1.82, 2.24) is 10.6 Å². The van der Waals surface area contributed by atoms with Gasteiger partial charge in [-0.05, 0) is 41.5 Å². The van der Waals surface area contributed by atoms with Crippen molar-refractivity contribution in [2.24, 2.45) is 11.5 Å². The molecular formula is C27H34N5O5+. The highest BCUT2D eigenvalue weighted by Crippen LogP contribution is 2.44. The maximum absolute atomic E-state index is 13.0. The summed E-state index contributed by atoms with van der Waals surface area (Å²) in [4.78, 5) is 40.6. The van der Waals surface area contributed by atoms with Gasteiger partial charge in [-0.1, -0.05) is 54.6 Å². The number of hydrogen-bond donors (Lipinski definition) is 5. The van der Waals surface area contributed by atoms with Gasteiger partial charge in [0.25, 0.3) is 0 Å². The Kier molecular flexibility index (Phi) is 9.65. The molecule has 1 aliphatic carbocycles. The third-order valence-corrected chi connectivity index (χ3v) is 6.16. The molecule has 0 radical (unpaired) electrons. The average molecular weight is 509 g/mol. The second-order valence-corrected chi connectivity index (χ2v) is 8.66. The van der Waals surface area contributed by atoms with E-state index in [2.05, 4.69) is 34.3 Å². The summed E-state index contributed by atoms with van der Waals surface area (Å²) in [6, 6.07) is 14.1. The van der Waals surface area contributed by atoms with Crippen LogP contribution in [0.2, 0.25) is 0 Å². The first-order valence-corrected chi connectivity index (χ1v) is 12.1.